The van der Waals surface area contributed by atoms with Gasteiger partial charge in [-0.15, -0.1) is 0 Å². The number of benzene rings is 8. The zero-order valence-corrected chi connectivity index (χ0v) is 77.2. The number of primary amides is 2. The normalized spacial score (nSPS) is 13.5. The number of nitrogens with zero attached hydrogens (tertiary/aromatic N) is 14. The summed E-state index contributed by atoms with van der Waals surface area (Å²) >= 11 is 0. The number of anilines is 8. The van der Waals surface area contributed by atoms with Gasteiger partial charge in [0.25, 0.3) is 0 Å². The molecule has 8 aromatic heterocycles. The third-order valence-electron chi connectivity index (χ3n) is 24.3. The first-order valence-corrected chi connectivity index (χ1v) is 44.9. The molecule has 0 unspecified atom stereocenters. The number of carbonyl (C=O) groups excluding carboxylic acids is 7. The van der Waals surface area contributed by atoms with E-state index >= 15 is 0 Å². The Bertz CT molecular complexity index is 7770. The third kappa shape index (κ3) is 22.6. The lowest BCUT2D eigenvalue weighted by Gasteiger charge is -2.18. The molecule has 14 N–H and O–H groups in total. The van der Waals surface area contributed by atoms with Gasteiger partial charge in [-0.1, -0.05) is 72.8 Å². The van der Waals surface area contributed by atoms with Crippen LogP contribution in [-0.4, -0.2) is 119 Å². The van der Waals surface area contributed by atoms with Crippen LogP contribution in [0.1, 0.15) is 91.7 Å². The minimum atomic E-state index is -4.52. The van der Waals surface area contributed by atoms with Crippen LogP contribution in [0.2, 0.25) is 0 Å². The molecule has 3 saturated carbocycles. The first kappa shape index (κ1) is 100.0. The molecular formula is C102H87F10N25O8. The Balaban J connectivity index is 0.000000139. The maximum absolute atomic E-state index is 13.9. The van der Waals surface area contributed by atoms with E-state index in [1.807, 2.05) is 63.2 Å². The van der Waals surface area contributed by atoms with Gasteiger partial charge in [0.05, 0.1) is 106 Å². The molecular weight excluding hydrogens is 1890 g/mol. The van der Waals surface area contributed by atoms with Crippen molar-refractivity contribution in [2.24, 2.45) is 18.5 Å². The highest BCUT2D eigenvalue weighted by molar-refractivity contribution is 6.05. The van der Waals surface area contributed by atoms with Crippen molar-refractivity contribution < 1.29 is 82.6 Å². The van der Waals surface area contributed by atoms with Crippen molar-refractivity contribution in [2.45, 2.75) is 120 Å². The van der Waals surface area contributed by atoms with Gasteiger partial charge < -0.3 is 64.4 Å². The number of nitriles is 2. The molecule has 19 rings (SSSR count). The number of nitrogens with two attached hydrogens (primary N) is 2. The number of aryl methyl sites for hydroxylation is 2. The SMILES string of the molecule is CC(C)NC(=O)C1(c2cc(-c3ccc(NC(=O)Nc4cccc(C(F)(F)F)c4)cc3)c3cnn(CC#N)c3n2)CC1.Cc1ccc(F)c(NC(=O)Nc2ccc(-c3cc(C4(C(N)=O)CC4)nc4c3cnn4C)cc2)c1.N#CCn1ncc2c(-c3ccc(NC(=O)Nc4cccc(C(F)(F)F)c4)cc3)ccnc21.NC(=O)C1(c2cc(-c3ccc(NC(=O)Nc4cccc(C(F)(F)F)c4)cc3)c3cnn(CCO)c3n2)CC1. The van der Waals surface area contributed by atoms with Gasteiger partial charge in [0.2, 0.25) is 17.7 Å². The van der Waals surface area contributed by atoms with Crippen molar-refractivity contribution in [1.82, 2.24) is 64.4 Å². The summed E-state index contributed by atoms with van der Waals surface area (Å²) in [5.74, 6) is -1.42. The number of rotatable bonds is 23. The first-order valence-electron chi connectivity index (χ1n) is 44.9. The molecule has 0 saturated heterocycles. The van der Waals surface area contributed by atoms with Crippen LogP contribution < -0.4 is 59.3 Å². The molecule has 0 aliphatic heterocycles. The van der Waals surface area contributed by atoms with Crippen LogP contribution in [0.15, 0.2) is 243 Å². The zero-order valence-electron chi connectivity index (χ0n) is 77.2. The molecule has 145 heavy (non-hydrogen) atoms. The van der Waals surface area contributed by atoms with E-state index in [1.54, 1.807) is 144 Å². The number of hydrogen-bond donors (Lipinski definition) is 12. The standard InChI is InChI=1S/C29H26F3N7O2.C26H23F3N6O3.C25H23FN6O2.C22H15F3N6O/c1-17(2)35-26(40)28(10-11-28)24-15-22(23-16-34-39(13-12-33)25(23)38-24)18-6-8-20(9-7-18)36-27(41)37-21-5-3-4-19(14-21)29(30,31)32;27-26(28,29)16-2-1-3-18(12-16)33-24(38)32-17-6-4-15(5-7-17)19-13-21(25(8-9-25)23(30)37)34-22-20(19)14-31-35(22)10-11-36;1-14-3-8-19(26)20(11-14)30-24(34)29-16-6-4-15(5-7-16)17-12-21(25(9-10-25)23(27)33)31-22-18(17)13-28-32(22)2;23-22(24,25)15-2-1-3-17(12-15)30-21(32)29-16-6-4-14(5-7-16)18-8-10-27-20-19(18)13-28-31(20)11-9-26/h3-9,14-17H,10-11,13H2,1-2H3,(H,35,40)(H2,36,37,41);1-7,12-14,36H,8-11H2,(H2,30,37)(H2,32,33,38);3-8,11-13H,9-10H2,1-2H3,(H2,27,33)(H2,29,30,34);1-8,10,12-13H,11H2,(H2,29,30,32). The minimum absolute atomic E-state index is 0.00370. The highest BCUT2D eigenvalue weighted by Crippen LogP contribution is 2.52. The molecule has 3 aliphatic carbocycles. The van der Waals surface area contributed by atoms with E-state index < -0.39 is 87.3 Å². The van der Waals surface area contributed by atoms with Gasteiger partial charge in [-0.05, 0) is 249 Å². The number of alkyl halides is 9. The summed E-state index contributed by atoms with van der Waals surface area (Å²) in [6.07, 6.45) is -1.42. The predicted octanol–water partition coefficient (Wildman–Crippen LogP) is 19.6. The fourth-order valence-electron chi connectivity index (χ4n) is 16.3. The summed E-state index contributed by atoms with van der Waals surface area (Å²) in [5.41, 5.74) is 19.8. The van der Waals surface area contributed by atoms with Crippen molar-refractivity contribution in [2.75, 3.05) is 49.1 Å². The first-order chi connectivity index (χ1) is 69.2. The number of halogens is 10. The smallest absolute Gasteiger partial charge is 0.394 e. The number of pyridine rings is 4. The number of amides is 11. The van der Waals surface area contributed by atoms with Crippen molar-refractivity contribution in [3.05, 3.63) is 288 Å². The number of aliphatic hydroxyl groups is 1. The van der Waals surface area contributed by atoms with Crippen LogP contribution in [0.25, 0.3) is 88.6 Å². The third-order valence-corrected chi connectivity index (χ3v) is 24.3. The molecule has 11 amide bonds. The van der Waals surface area contributed by atoms with Gasteiger partial charge >= 0.3 is 42.7 Å². The van der Waals surface area contributed by atoms with E-state index in [0.29, 0.717) is 112 Å². The molecule has 43 heteroatoms. The molecule has 8 heterocycles. The lowest BCUT2D eigenvalue weighted by Crippen LogP contribution is -2.39. The predicted molar refractivity (Wildman–Crippen MR) is 522 cm³/mol. The van der Waals surface area contributed by atoms with E-state index in [4.69, 9.17) is 26.7 Å². The van der Waals surface area contributed by atoms with Crippen LogP contribution in [0.4, 0.5) is 109 Å². The molecule has 33 nitrogen and oxygen atoms in total. The second-order valence-corrected chi connectivity index (χ2v) is 34.7. The Hall–Kier alpha value is -18.0. The van der Waals surface area contributed by atoms with E-state index in [1.165, 1.54) is 51.8 Å². The van der Waals surface area contributed by atoms with Crippen molar-refractivity contribution in [3.8, 4) is 56.6 Å². The van der Waals surface area contributed by atoms with E-state index in [2.05, 4.69) is 84.3 Å². The molecule has 0 atom stereocenters. The molecule has 738 valence electrons. The van der Waals surface area contributed by atoms with Gasteiger partial charge in [-0.25, -0.2) is 57.5 Å². The summed E-state index contributed by atoms with van der Waals surface area (Å²) in [7, 11) is 1.80. The Morgan fingerprint density at radius 3 is 1.12 bits per heavy atom. The Morgan fingerprint density at radius 2 is 0.752 bits per heavy atom. The number of urea groups is 4. The number of carbonyl (C=O) groups is 7. The highest BCUT2D eigenvalue weighted by Gasteiger charge is 2.55. The second kappa shape index (κ2) is 41.0. The van der Waals surface area contributed by atoms with Crippen molar-refractivity contribution in [1.29, 1.82) is 10.5 Å². The number of hydrogen-bond acceptors (Lipinski definition) is 18. The highest BCUT2D eigenvalue weighted by atomic mass is 19.4. The van der Waals surface area contributed by atoms with Gasteiger partial charge in [-0.2, -0.15) is 70.4 Å². The monoisotopic (exact) mass is 1980 g/mol. The van der Waals surface area contributed by atoms with Crippen LogP contribution in [0.5, 0.6) is 0 Å². The molecule has 3 fully saturated rings. The topological polar surface area (TPSA) is 470 Å². The summed E-state index contributed by atoms with van der Waals surface area (Å²) in [4.78, 5) is 105. The summed E-state index contributed by atoms with van der Waals surface area (Å²) in [5, 5.41) is 71.0. The average molecular weight is 1980 g/mol. The van der Waals surface area contributed by atoms with Crippen molar-refractivity contribution in [3.63, 3.8) is 0 Å². The Kier molecular flexibility index (Phi) is 28.3. The zero-order chi connectivity index (χ0) is 103. The average Bonchev–Trinajstić information content (AvgIpc) is 1.58. The molecule has 0 spiro atoms. The molecule has 16 aromatic rings. The molecule has 0 radical (unpaired) electrons. The molecule has 0 bridgehead atoms. The van der Waals surface area contributed by atoms with Gasteiger partial charge in [0.15, 0.2) is 22.6 Å². The maximum Gasteiger partial charge on any atom is 0.416 e. The summed E-state index contributed by atoms with van der Waals surface area (Å²) in [6, 6.07) is 54.3. The van der Waals surface area contributed by atoms with Gasteiger partial charge in [0, 0.05) is 80.6 Å². The van der Waals surface area contributed by atoms with Crippen LogP contribution in [0.3, 0.4) is 0 Å². The number of nitrogens with one attached hydrogen (secondary N) is 9. The van der Waals surface area contributed by atoms with Crippen LogP contribution >= 0.6 is 0 Å². The van der Waals surface area contributed by atoms with E-state index in [9.17, 15) is 87.8 Å². The summed E-state index contributed by atoms with van der Waals surface area (Å²) in [6.45, 7) is 5.79. The fraction of sp³-hybridized carbons (Fsp3) is 0.206. The lowest BCUT2D eigenvalue weighted by atomic mass is 9.95. The number of aliphatic hydroxyl groups excluding tert-OH is 1. The molecule has 3 aliphatic rings. The number of aromatic nitrogens is 12. The molecule has 8 aromatic carbocycles. The van der Waals surface area contributed by atoms with Gasteiger partial charge in [-0.3, -0.25) is 19.1 Å². The Labute approximate surface area is 817 Å². The fourth-order valence-corrected chi connectivity index (χ4v) is 16.3. The van der Waals surface area contributed by atoms with E-state index in [0.717, 1.165) is 97.2 Å². The quantitative estimate of drug-likeness (QED) is 0.0265. The largest absolute Gasteiger partial charge is 0.416 e. The van der Waals surface area contributed by atoms with Crippen LogP contribution in [0, 0.1) is 35.4 Å². The summed E-state index contributed by atoms with van der Waals surface area (Å²) < 4.78 is 136. The second-order valence-electron chi connectivity index (χ2n) is 34.7. The number of fused-ring (bicyclic) bond motifs is 4. The maximum atomic E-state index is 13.9. The van der Waals surface area contributed by atoms with Gasteiger partial charge in [0.1, 0.15) is 18.9 Å². The van der Waals surface area contributed by atoms with E-state index in [-0.39, 0.29) is 66.8 Å². The van der Waals surface area contributed by atoms with Crippen molar-refractivity contribution >= 4 is 131 Å². The Morgan fingerprint density at radius 1 is 0.414 bits per heavy atom. The minimum Gasteiger partial charge on any atom is -0.394 e. The lowest BCUT2D eigenvalue weighted by molar-refractivity contribution is -0.138. The van der Waals surface area contributed by atoms with Crippen LogP contribution in [-0.2, 0) is 75.8 Å².